The Bertz CT molecular complexity index is 676. The van der Waals surface area contributed by atoms with Crippen LogP contribution in [0, 0.1) is 0 Å². The molecule has 2 aromatic rings. The number of methoxy groups -OCH3 is 1. The van der Waals surface area contributed by atoms with E-state index in [4.69, 9.17) is 22.1 Å². The molecule has 21 heavy (non-hydrogen) atoms. The monoisotopic (exact) mass is 305 g/mol. The van der Waals surface area contributed by atoms with E-state index in [2.05, 4.69) is 20.5 Å². The number of nitrogens with one attached hydrogen (secondary N) is 1. The van der Waals surface area contributed by atoms with Gasteiger partial charge in [-0.25, -0.2) is 10.4 Å². The standard InChI is InChI=1S/C13H12ClN5O2/c1-21-11-7-8(6-10(14)17-11)13(20)19-18-12(15)9-4-2-3-5-16-9/h2-7H,1H3,(H2,15,18)(H,19,20). The Morgan fingerprint density at radius 1 is 1.43 bits per heavy atom. The molecule has 108 valence electrons. The fraction of sp³-hybridized carbons (Fsp3) is 0.0769. The van der Waals surface area contributed by atoms with Gasteiger partial charge >= 0.3 is 0 Å². The summed E-state index contributed by atoms with van der Waals surface area (Å²) in [5.74, 6) is -0.165. The molecule has 0 saturated heterocycles. The van der Waals surface area contributed by atoms with Gasteiger partial charge in [0.15, 0.2) is 5.84 Å². The van der Waals surface area contributed by atoms with Gasteiger partial charge in [0.25, 0.3) is 5.91 Å². The van der Waals surface area contributed by atoms with E-state index in [-0.39, 0.29) is 22.4 Å². The Balaban J connectivity index is 2.13. The molecule has 0 unspecified atom stereocenters. The molecule has 0 atom stereocenters. The molecule has 0 radical (unpaired) electrons. The number of carbonyl (C=O) groups is 1. The summed E-state index contributed by atoms with van der Waals surface area (Å²) in [6.07, 6.45) is 1.58. The Hall–Kier alpha value is -2.67. The molecule has 2 rings (SSSR count). The van der Waals surface area contributed by atoms with Gasteiger partial charge in [-0.15, -0.1) is 0 Å². The lowest BCUT2D eigenvalue weighted by molar-refractivity contribution is 0.0954. The second kappa shape index (κ2) is 6.67. The molecule has 0 aliphatic heterocycles. The molecule has 0 aliphatic carbocycles. The second-order valence-electron chi connectivity index (χ2n) is 3.87. The third-order valence-electron chi connectivity index (χ3n) is 2.45. The molecule has 2 aromatic heterocycles. The number of nitrogens with two attached hydrogens (primary N) is 1. The van der Waals surface area contributed by atoms with Crippen molar-refractivity contribution in [3.8, 4) is 5.88 Å². The summed E-state index contributed by atoms with van der Waals surface area (Å²) in [7, 11) is 1.43. The Labute approximate surface area is 125 Å². The SMILES string of the molecule is COc1cc(C(=O)N/N=C(\N)c2ccccn2)cc(Cl)n1. The molecule has 0 spiro atoms. The van der Waals surface area contributed by atoms with Crippen LogP contribution < -0.4 is 15.9 Å². The maximum absolute atomic E-state index is 12.0. The van der Waals surface area contributed by atoms with Crippen molar-refractivity contribution in [2.45, 2.75) is 0 Å². The minimum absolute atomic E-state index is 0.0936. The van der Waals surface area contributed by atoms with E-state index >= 15 is 0 Å². The van der Waals surface area contributed by atoms with Crippen LogP contribution in [0.2, 0.25) is 5.15 Å². The van der Waals surface area contributed by atoms with Crippen molar-refractivity contribution in [3.05, 3.63) is 52.9 Å². The highest BCUT2D eigenvalue weighted by Crippen LogP contribution is 2.15. The van der Waals surface area contributed by atoms with Crippen LogP contribution in [0.4, 0.5) is 0 Å². The van der Waals surface area contributed by atoms with E-state index in [0.29, 0.717) is 5.69 Å². The van der Waals surface area contributed by atoms with E-state index in [0.717, 1.165) is 0 Å². The summed E-state index contributed by atoms with van der Waals surface area (Å²) in [5.41, 5.74) is 8.75. The Morgan fingerprint density at radius 3 is 2.90 bits per heavy atom. The van der Waals surface area contributed by atoms with Gasteiger partial charge in [-0.3, -0.25) is 9.78 Å². The highest BCUT2D eigenvalue weighted by molar-refractivity contribution is 6.29. The number of rotatable bonds is 4. The highest BCUT2D eigenvalue weighted by atomic mass is 35.5. The summed E-state index contributed by atoms with van der Waals surface area (Å²) in [6, 6.07) is 8.03. The number of carbonyl (C=O) groups excluding carboxylic acids is 1. The molecule has 1 amide bonds. The maximum atomic E-state index is 12.0. The van der Waals surface area contributed by atoms with E-state index in [1.807, 2.05) is 0 Å². The third kappa shape index (κ3) is 3.90. The first-order valence-corrected chi connectivity index (χ1v) is 6.24. The molecule has 2 heterocycles. The van der Waals surface area contributed by atoms with Crippen molar-refractivity contribution in [2.24, 2.45) is 10.8 Å². The number of amidine groups is 1. The lowest BCUT2D eigenvalue weighted by Crippen LogP contribution is -2.24. The lowest BCUT2D eigenvalue weighted by atomic mass is 10.2. The molecule has 0 fully saturated rings. The second-order valence-corrected chi connectivity index (χ2v) is 4.26. The molecular formula is C13H12ClN5O2. The van der Waals surface area contributed by atoms with Crippen LogP contribution in [-0.2, 0) is 0 Å². The molecule has 3 N–H and O–H groups in total. The summed E-state index contributed by atoms with van der Waals surface area (Å²) < 4.78 is 4.93. The van der Waals surface area contributed by atoms with Gasteiger partial charge in [-0.05, 0) is 18.2 Å². The van der Waals surface area contributed by atoms with E-state index < -0.39 is 5.91 Å². The fourth-order valence-electron chi connectivity index (χ4n) is 1.46. The molecular weight excluding hydrogens is 294 g/mol. The molecule has 0 aliphatic rings. The van der Waals surface area contributed by atoms with Crippen molar-refractivity contribution < 1.29 is 9.53 Å². The summed E-state index contributed by atoms with van der Waals surface area (Å²) in [4.78, 5) is 19.8. The average molecular weight is 306 g/mol. The largest absolute Gasteiger partial charge is 0.481 e. The van der Waals surface area contributed by atoms with Gasteiger partial charge in [0, 0.05) is 17.8 Å². The first kappa shape index (κ1) is 14.7. The van der Waals surface area contributed by atoms with E-state index in [9.17, 15) is 4.79 Å². The fourth-order valence-corrected chi connectivity index (χ4v) is 1.66. The van der Waals surface area contributed by atoms with Gasteiger partial charge < -0.3 is 10.5 Å². The van der Waals surface area contributed by atoms with Crippen molar-refractivity contribution in [3.63, 3.8) is 0 Å². The van der Waals surface area contributed by atoms with Gasteiger partial charge in [0.2, 0.25) is 5.88 Å². The van der Waals surface area contributed by atoms with Gasteiger partial charge in [-0.1, -0.05) is 17.7 Å². The number of halogens is 1. The third-order valence-corrected chi connectivity index (χ3v) is 2.64. The number of aromatic nitrogens is 2. The minimum atomic E-state index is -0.489. The van der Waals surface area contributed by atoms with Crippen molar-refractivity contribution >= 4 is 23.3 Å². The van der Waals surface area contributed by atoms with Crippen LogP contribution in [0.5, 0.6) is 5.88 Å². The van der Waals surface area contributed by atoms with Crippen LogP contribution in [0.1, 0.15) is 16.1 Å². The Kier molecular flexibility index (Phi) is 4.68. The van der Waals surface area contributed by atoms with Crippen LogP contribution in [0.3, 0.4) is 0 Å². The molecule has 0 aromatic carbocycles. The summed E-state index contributed by atoms with van der Waals surface area (Å²) in [5, 5.41) is 3.92. The van der Waals surface area contributed by atoms with Crippen LogP contribution in [0.15, 0.2) is 41.6 Å². The van der Waals surface area contributed by atoms with Gasteiger partial charge in [0.05, 0.1) is 7.11 Å². The number of amides is 1. The smallest absolute Gasteiger partial charge is 0.271 e. The normalized spacial score (nSPS) is 11.0. The topological polar surface area (TPSA) is 102 Å². The summed E-state index contributed by atoms with van der Waals surface area (Å²) in [6.45, 7) is 0. The molecule has 7 nitrogen and oxygen atoms in total. The number of ether oxygens (including phenoxy) is 1. The zero-order valence-corrected chi connectivity index (χ0v) is 11.8. The van der Waals surface area contributed by atoms with Crippen molar-refractivity contribution in [1.82, 2.24) is 15.4 Å². The van der Waals surface area contributed by atoms with Crippen LogP contribution in [0.25, 0.3) is 0 Å². The first-order valence-electron chi connectivity index (χ1n) is 5.86. The number of hydrazone groups is 1. The minimum Gasteiger partial charge on any atom is -0.481 e. The lowest BCUT2D eigenvalue weighted by Gasteiger charge is -2.04. The molecule has 0 saturated carbocycles. The van der Waals surface area contributed by atoms with Gasteiger partial charge in [-0.2, -0.15) is 5.10 Å². The van der Waals surface area contributed by atoms with Crippen LogP contribution >= 0.6 is 11.6 Å². The van der Waals surface area contributed by atoms with Crippen molar-refractivity contribution in [1.29, 1.82) is 0 Å². The Morgan fingerprint density at radius 2 is 2.24 bits per heavy atom. The molecule has 0 bridgehead atoms. The number of hydrogen-bond donors (Lipinski definition) is 2. The quantitative estimate of drug-likeness (QED) is 0.382. The van der Waals surface area contributed by atoms with Gasteiger partial charge in [0.1, 0.15) is 10.8 Å². The zero-order chi connectivity index (χ0) is 15.2. The highest BCUT2D eigenvalue weighted by Gasteiger charge is 2.09. The predicted octanol–water partition coefficient (Wildman–Crippen LogP) is 1.19. The predicted molar refractivity (Wildman–Crippen MR) is 78.2 cm³/mol. The summed E-state index contributed by atoms with van der Waals surface area (Å²) >= 11 is 5.79. The first-order chi connectivity index (χ1) is 10.1. The van der Waals surface area contributed by atoms with E-state index in [1.54, 1.807) is 24.4 Å². The number of hydrogen-bond acceptors (Lipinski definition) is 5. The van der Waals surface area contributed by atoms with Crippen LogP contribution in [-0.4, -0.2) is 28.8 Å². The average Bonchev–Trinajstić information content (AvgIpc) is 2.52. The van der Waals surface area contributed by atoms with E-state index in [1.165, 1.54) is 19.2 Å². The number of pyridine rings is 2. The van der Waals surface area contributed by atoms with Crippen molar-refractivity contribution in [2.75, 3.05) is 7.11 Å². The molecule has 8 heteroatoms. The maximum Gasteiger partial charge on any atom is 0.271 e. The number of nitrogens with zero attached hydrogens (tertiary/aromatic N) is 3. The zero-order valence-electron chi connectivity index (χ0n) is 11.1.